The van der Waals surface area contributed by atoms with Crippen molar-refractivity contribution in [3.8, 4) is 22.1 Å². The lowest BCUT2D eigenvalue weighted by atomic mass is 10.1. The third-order valence-electron chi connectivity index (χ3n) is 4.16. The second-order valence-electron chi connectivity index (χ2n) is 6.26. The van der Waals surface area contributed by atoms with Crippen molar-refractivity contribution in [1.29, 1.82) is 0 Å². The maximum Gasteiger partial charge on any atom is 0.387 e. The Bertz CT molecular complexity index is 974. The van der Waals surface area contributed by atoms with E-state index >= 15 is 0 Å². The van der Waals surface area contributed by atoms with Crippen LogP contribution in [0, 0.1) is 6.92 Å². The van der Waals surface area contributed by atoms with Gasteiger partial charge in [-0.2, -0.15) is 8.78 Å². The molecule has 3 rings (SSSR count). The van der Waals surface area contributed by atoms with Crippen LogP contribution in [0.3, 0.4) is 0 Å². The fourth-order valence-corrected chi connectivity index (χ4v) is 3.52. The third-order valence-corrected chi connectivity index (χ3v) is 5.10. The van der Waals surface area contributed by atoms with Gasteiger partial charge in [-0.05, 0) is 25.1 Å². The Morgan fingerprint density at radius 3 is 2.62 bits per heavy atom. The van der Waals surface area contributed by atoms with E-state index in [0.717, 1.165) is 16.3 Å². The highest BCUT2D eigenvalue weighted by atomic mass is 32.1. The molecule has 0 spiro atoms. The molecule has 0 atom stereocenters. The fraction of sp³-hybridized carbons (Fsp3) is 0.238. The lowest BCUT2D eigenvalue weighted by Gasteiger charge is -2.11. The Labute approximate surface area is 171 Å². The number of hydrogen-bond donors (Lipinski definition) is 1. The average molecular weight is 418 g/mol. The number of nitrogens with one attached hydrogen (secondary N) is 1. The number of methoxy groups -OCH3 is 1. The summed E-state index contributed by atoms with van der Waals surface area (Å²) in [5.41, 5.74) is 3.44. The molecule has 0 aliphatic carbocycles. The van der Waals surface area contributed by atoms with Crippen molar-refractivity contribution in [2.45, 2.75) is 20.0 Å². The van der Waals surface area contributed by atoms with Crippen LogP contribution in [-0.2, 0) is 6.42 Å². The summed E-state index contributed by atoms with van der Waals surface area (Å²) in [6.45, 7) is -0.533. The molecule has 0 aliphatic rings. The number of aryl methyl sites for hydroxylation is 1. The predicted octanol–water partition coefficient (Wildman–Crippen LogP) is 4.70. The van der Waals surface area contributed by atoms with E-state index in [1.54, 1.807) is 11.3 Å². The normalized spacial score (nSPS) is 10.8. The van der Waals surface area contributed by atoms with E-state index in [1.165, 1.54) is 30.9 Å². The molecule has 152 valence electrons. The molecular formula is C21H20F2N2O3S. The van der Waals surface area contributed by atoms with Gasteiger partial charge >= 0.3 is 6.61 Å². The second-order valence-corrected chi connectivity index (χ2v) is 7.12. The molecule has 0 unspecified atom stereocenters. The predicted molar refractivity (Wildman–Crippen MR) is 108 cm³/mol. The van der Waals surface area contributed by atoms with Gasteiger partial charge in [0.2, 0.25) is 0 Å². The smallest absolute Gasteiger partial charge is 0.387 e. The fourth-order valence-electron chi connectivity index (χ4n) is 2.66. The lowest BCUT2D eigenvalue weighted by molar-refractivity contribution is -0.0512. The van der Waals surface area contributed by atoms with Gasteiger partial charge in [0, 0.05) is 29.5 Å². The van der Waals surface area contributed by atoms with Crippen molar-refractivity contribution in [2.75, 3.05) is 13.7 Å². The molecule has 5 nitrogen and oxygen atoms in total. The zero-order valence-electron chi connectivity index (χ0n) is 15.9. The summed E-state index contributed by atoms with van der Waals surface area (Å²) >= 11 is 1.56. The highest BCUT2D eigenvalue weighted by Crippen LogP contribution is 2.29. The number of aromatic nitrogens is 1. The van der Waals surface area contributed by atoms with E-state index in [-0.39, 0.29) is 17.4 Å². The zero-order chi connectivity index (χ0) is 20.8. The van der Waals surface area contributed by atoms with Crippen molar-refractivity contribution in [3.05, 3.63) is 64.7 Å². The van der Waals surface area contributed by atoms with E-state index in [2.05, 4.69) is 15.0 Å². The Hall–Kier alpha value is -3.00. The lowest BCUT2D eigenvalue weighted by Crippen LogP contribution is -2.25. The van der Waals surface area contributed by atoms with Crippen LogP contribution in [0.15, 0.2) is 47.8 Å². The number of halogens is 2. The minimum absolute atomic E-state index is 0.0696. The van der Waals surface area contributed by atoms with Gasteiger partial charge in [-0.25, -0.2) is 4.98 Å². The van der Waals surface area contributed by atoms with Crippen molar-refractivity contribution in [2.24, 2.45) is 0 Å². The van der Waals surface area contributed by atoms with Gasteiger partial charge < -0.3 is 14.8 Å². The van der Waals surface area contributed by atoms with Crippen molar-refractivity contribution >= 4 is 17.2 Å². The van der Waals surface area contributed by atoms with Gasteiger partial charge in [-0.3, -0.25) is 4.79 Å². The number of carbonyl (C=O) groups is 1. The zero-order valence-corrected chi connectivity index (χ0v) is 16.8. The number of carbonyl (C=O) groups excluding carboxylic acids is 1. The standard InChI is InChI=1S/C21H20F2N2O3S/c1-13-3-5-14(6-4-13)20-25-16(12-29-20)9-10-24-19(26)15-7-8-17(28-21(22)23)18(11-15)27-2/h3-8,11-12,21H,9-10H2,1-2H3,(H,24,26). The molecule has 0 fully saturated rings. The quantitative estimate of drug-likeness (QED) is 0.576. The molecular weight excluding hydrogens is 398 g/mol. The summed E-state index contributed by atoms with van der Waals surface area (Å²) in [6.07, 6.45) is 0.581. The second kappa shape index (κ2) is 9.47. The highest BCUT2D eigenvalue weighted by molar-refractivity contribution is 7.13. The summed E-state index contributed by atoms with van der Waals surface area (Å²) in [6, 6.07) is 12.2. The Kier molecular flexibility index (Phi) is 6.77. The van der Waals surface area contributed by atoms with Gasteiger partial charge in [0.15, 0.2) is 11.5 Å². The number of hydrogen-bond acceptors (Lipinski definition) is 5. The molecule has 2 aromatic carbocycles. The van der Waals surface area contributed by atoms with Gasteiger partial charge in [-0.1, -0.05) is 29.8 Å². The minimum atomic E-state index is -2.97. The molecule has 0 saturated carbocycles. The SMILES string of the molecule is COc1cc(C(=O)NCCc2csc(-c3ccc(C)cc3)n2)ccc1OC(F)F. The Balaban J connectivity index is 1.57. The maximum absolute atomic E-state index is 12.4. The van der Waals surface area contributed by atoms with Gasteiger partial charge in [-0.15, -0.1) is 11.3 Å². The summed E-state index contributed by atoms with van der Waals surface area (Å²) in [5, 5.41) is 5.71. The molecule has 0 bridgehead atoms. The molecule has 1 N–H and O–H groups in total. The molecule has 0 saturated heterocycles. The number of amides is 1. The monoisotopic (exact) mass is 418 g/mol. The molecule has 3 aromatic rings. The summed E-state index contributed by atoms with van der Waals surface area (Å²) < 4.78 is 34.2. The van der Waals surface area contributed by atoms with E-state index in [0.29, 0.717) is 18.5 Å². The minimum Gasteiger partial charge on any atom is -0.493 e. The molecule has 0 radical (unpaired) electrons. The van der Waals surface area contributed by atoms with Gasteiger partial charge in [0.25, 0.3) is 5.91 Å². The van der Waals surface area contributed by atoms with Crippen LogP contribution in [0.2, 0.25) is 0 Å². The number of thiazole rings is 1. The number of benzene rings is 2. The number of rotatable bonds is 8. The van der Waals surface area contributed by atoms with Crippen molar-refractivity contribution in [3.63, 3.8) is 0 Å². The molecule has 1 heterocycles. The molecule has 0 aliphatic heterocycles. The molecule has 8 heteroatoms. The molecule has 29 heavy (non-hydrogen) atoms. The first-order valence-electron chi connectivity index (χ1n) is 8.88. The van der Waals surface area contributed by atoms with Crippen LogP contribution in [-0.4, -0.2) is 31.2 Å². The van der Waals surface area contributed by atoms with Crippen LogP contribution in [0.1, 0.15) is 21.6 Å². The van der Waals surface area contributed by atoms with E-state index in [9.17, 15) is 13.6 Å². The average Bonchev–Trinajstić information content (AvgIpc) is 3.17. The highest BCUT2D eigenvalue weighted by Gasteiger charge is 2.14. The topological polar surface area (TPSA) is 60.5 Å². The summed E-state index contributed by atoms with van der Waals surface area (Å²) in [7, 11) is 1.32. The molecule has 1 amide bonds. The van der Waals surface area contributed by atoms with Gasteiger partial charge in [0.1, 0.15) is 5.01 Å². The Morgan fingerprint density at radius 2 is 1.93 bits per heavy atom. The van der Waals surface area contributed by atoms with Crippen LogP contribution in [0.4, 0.5) is 8.78 Å². The summed E-state index contributed by atoms with van der Waals surface area (Å²) in [5.74, 6) is -0.383. The molecule has 1 aromatic heterocycles. The van der Waals surface area contributed by atoms with Crippen LogP contribution >= 0.6 is 11.3 Å². The number of nitrogens with zero attached hydrogens (tertiary/aromatic N) is 1. The maximum atomic E-state index is 12.4. The van der Waals surface area contributed by atoms with E-state index in [4.69, 9.17) is 4.74 Å². The van der Waals surface area contributed by atoms with Crippen molar-refractivity contribution < 1.29 is 23.0 Å². The van der Waals surface area contributed by atoms with E-state index in [1.807, 2.05) is 36.6 Å². The van der Waals surface area contributed by atoms with Crippen LogP contribution < -0.4 is 14.8 Å². The Morgan fingerprint density at radius 1 is 1.17 bits per heavy atom. The van der Waals surface area contributed by atoms with E-state index < -0.39 is 6.61 Å². The van der Waals surface area contributed by atoms with Crippen LogP contribution in [0.5, 0.6) is 11.5 Å². The number of alkyl halides is 2. The summed E-state index contributed by atoms with van der Waals surface area (Å²) in [4.78, 5) is 16.9. The first-order chi connectivity index (χ1) is 14.0. The van der Waals surface area contributed by atoms with Gasteiger partial charge in [0.05, 0.1) is 12.8 Å². The first kappa shape index (κ1) is 20.7. The van der Waals surface area contributed by atoms with Crippen molar-refractivity contribution in [1.82, 2.24) is 10.3 Å². The first-order valence-corrected chi connectivity index (χ1v) is 9.76. The largest absolute Gasteiger partial charge is 0.493 e. The van der Waals surface area contributed by atoms with Crippen LogP contribution in [0.25, 0.3) is 10.6 Å². The number of ether oxygens (including phenoxy) is 2. The third kappa shape index (κ3) is 5.51.